The number of benzene rings is 1. The van der Waals surface area contributed by atoms with Crippen molar-refractivity contribution in [1.82, 2.24) is 0 Å². The SMILES string of the molecule is CCc1ccc(NCCCCCO)cc1. The number of hydrogen-bond acceptors (Lipinski definition) is 2. The molecule has 0 radical (unpaired) electrons. The highest BCUT2D eigenvalue weighted by Gasteiger charge is 1.92. The third-order valence-electron chi connectivity index (χ3n) is 2.53. The van der Waals surface area contributed by atoms with Crippen LogP contribution < -0.4 is 5.32 Å². The Kier molecular flexibility index (Phi) is 5.86. The predicted molar refractivity (Wildman–Crippen MR) is 65.2 cm³/mol. The van der Waals surface area contributed by atoms with Gasteiger partial charge in [0.05, 0.1) is 0 Å². The molecular weight excluding hydrogens is 186 g/mol. The number of aliphatic hydroxyl groups excluding tert-OH is 1. The first kappa shape index (κ1) is 12.1. The fourth-order valence-corrected chi connectivity index (χ4v) is 1.50. The minimum atomic E-state index is 0.311. The molecule has 1 aromatic carbocycles. The Balaban J connectivity index is 2.20. The molecule has 0 saturated heterocycles. The fourth-order valence-electron chi connectivity index (χ4n) is 1.50. The van der Waals surface area contributed by atoms with Crippen molar-refractivity contribution in [3.05, 3.63) is 29.8 Å². The van der Waals surface area contributed by atoms with Crippen molar-refractivity contribution in [2.45, 2.75) is 32.6 Å². The van der Waals surface area contributed by atoms with Gasteiger partial charge in [-0.1, -0.05) is 19.1 Å². The second kappa shape index (κ2) is 7.30. The Morgan fingerprint density at radius 2 is 1.80 bits per heavy atom. The van der Waals surface area contributed by atoms with Crippen molar-refractivity contribution in [2.24, 2.45) is 0 Å². The van der Waals surface area contributed by atoms with E-state index in [0.29, 0.717) is 6.61 Å². The van der Waals surface area contributed by atoms with Crippen LogP contribution in [-0.4, -0.2) is 18.3 Å². The van der Waals surface area contributed by atoms with Crippen LogP contribution in [0, 0.1) is 0 Å². The molecule has 0 heterocycles. The number of rotatable bonds is 7. The number of nitrogens with one attached hydrogen (secondary N) is 1. The summed E-state index contributed by atoms with van der Waals surface area (Å²) in [6, 6.07) is 8.59. The first-order chi connectivity index (χ1) is 7.36. The molecule has 0 fully saturated rings. The molecule has 0 atom stereocenters. The lowest BCUT2D eigenvalue weighted by Crippen LogP contribution is -2.01. The van der Waals surface area contributed by atoms with Crippen LogP contribution in [0.4, 0.5) is 5.69 Å². The van der Waals surface area contributed by atoms with Crippen molar-refractivity contribution in [1.29, 1.82) is 0 Å². The van der Waals surface area contributed by atoms with Gasteiger partial charge in [-0.3, -0.25) is 0 Å². The van der Waals surface area contributed by atoms with Gasteiger partial charge in [0.25, 0.3) is 0 Å². The number of aliphatic hydroxyl groups is 1. The van der Waals surface area contributed by atoms with E-state index in [9.17, 15) is 0 Å². The van der Waals surface area contributed by atoms with E-state index in [1.165, 1.54) is 11.3 Å². The highest BCUT2D eigenvalue weighted by Crippen LogP contribution is 2.10. The van der Waals surface area contributed by atoms with Crippen LogP contribution in [0.25, 0.3) is 0 Å². The maximum absolute atomic E-state index is 8.62. The number of unbranched alkanes of at least 4 members (excludes halogenated alkanes) is 2. The molecule has 0 spiro atoms. The van der Waals surface area contributed by atoms with E-state index in [2.05, 4.69) is 36.5 Å². The normalized spacial score (nSPS) is 10.3. The van der Waals surface area contributed by atoms with Crippen LogP contribution in [0.15, 0.2) is 24.3 Å². The van der Waals surface area contributed by atoms with Gasteiger partial charge >= 0.3 is 0 Å². The minimum absolute atomic E-state index is 0.311. The summed E-state index contributed by atoms with van der Waals surface area (Å²) >= 11 is 0. The molecular formula is C13H21NO. The standard InChI is InChI=1S/C13H21NO/c1-2-12-6-8-13(9-7-12)14-10-4-3-5-11-15/h6-9,14-15H,2-5,10-11H2,1H3. The predicted octanol–water partition coefficient (Wildman–Crippen LogP) is 2.82. The molecule has 0 bridgehead atoms. The van der Waals surface area contributed by atoms with Gasteiger partial charge < -0.3 is 10.4 Å². The van der Waals surface area contributed by atoms with Gasteiger partial charge in [0.2, 0.25) is 0 Å². The molecule has 0 aliphatic heterocycles. The molecule has 0 aliphatic carbocycles. The summed E-state index contributed by atoms with van der Waals surface area (Å²) in [5.74, 6) is 0. The summed E-state index contributed by atoms with van der Waals surface area (Å²) in [7, 11) is 0. The highest BCUT2D eigenvalue weighted by molar-refractivity contribution is 5.44. The number of hydrogen-bond donors (Lipinski definition) is 2. The van der Waals surface area contributed by atoms with Crippen molar-refractivity contribution in [2.75, 3.05) is 18.5 Å². The first-order valence-electron chi connectivity index (χ1n) is 5.80. The summed E-state index contributed by atoms with van der Waals surface area (Å²) in [5.41, 5.74) is 2.57. The molecule has 0 aromatic heterocycles. The van der Waals surface area contributed by atoms with Crippen molar-refractivity contribution < 1.29 is 5.11 Å². The molecule has 0 amide bonds. The zero-order valence-corrected chi connectivity index (χ0v) is 9.50. The summed E-state index contributed by atoms with van der Waals surface area (Å²) in [4.78, 5) is 0. The van der Waals surface area contributed by atoms with Gasteiger partial charge in [-0.25, -0.2) is 0 Å². The summed E-state index contributed by atoms with van der Waals surface area (Å²) in [6.45, 7) is 3.47. The van der Waals surface area contributed by atoms with Gasteiger partial charge in [0, 0.05) is 18.8 Å². The van der Waals surface area contributed by atoms with Crippen LogP contribution in [0.5, 0.6) is 0 Å². The Bertz CT molecular complexity index is 256. The van der Waals surface area contributed by atoms with Gasteiger partial charge in [-0.2, -0.15) is 0 Å². The molecule has 0 aliphatic rings. The number of aryl methyl sites for hydroxylation is 1. The largest absolute Gasteiger partial charge is 0.396 e. The van der Waals surface area contributed by atoms with Crippen LogP contribution in [0.3, 0.4) is 0 Å². The van der Waals surface area contributed by atoms with Gasteiger partial charge in [0.15, 0.2) is 0 Å². The quantitative estimate of drug-likeness (QED) is 0.674. The lowest BCUT2D eigenvalue weighted by Gasteiger charge is -2.06. The van der Waals surface area contributed by atoms with Crippen molar-refractivity contribution >= 4 is 5.69 Å². The molecule has 2 heteroatoms. The maximum atomic E-state index is 8.62. The van der Waals surface area contributed by atoms with Crippen molar-refractivity contribution in [3.8, 4) is 0 Å². The third kappa shape index (κ3) is 4.84. The Morgan fingerprint density at radius 3 is 2.40 bits per heavy atom. The lowest BCUT2D eigenvalue weighted by molar-refractivity contribution is 0.283. The van der Waals surface area contributed by atoms with Crippen LogP contribution in [0.1, 0.15) is 31.7 Å². The van der Waals surface area contributed by atoms with Gasteiger partial charge in [-0.05, 0) is 43.4 Å². The molecule has 1 aromatic rings. The van der Waals surface area contributed by atoms with E-state index in [4.69, 9.17) is 5.11 Å². The highest BCUT2D eigenvalue weighted by atomic mass is 16.2. The summed E-state index contributed by atoms with van der Waals surface area (Å²) < 4.78 is 0. The molecule has 2 nitrogen and oxygen atoms in total. The van der Waals surface area contributed by atoms with E-state index in [1.54, 1.807) is 0 Å². The number of anilines is 1. The van der Waals surface area contributed by atoms with Crippen LogP contribution in [-0.2, 0) is 6.42 Å². The molecule has 0 saturated carbocycles. The average Bonchev–Trinajstić information content (AvgIpc) is 2.30. The lowest BCUT2D eigenvalue weighted by atomic mass is 10.1. The first-order valence-corrected chi connectivity index (χ1v) is 5.80. The van der Waals surface area contributed by atoms with E-state index in [-0.39, 0.29) is 0 Å². The molecule has 0 unspecified atom stereocenters. The van der Waals surface area contributed by atoms with E-state index in [0.717, 1.165) is 32.2 Å². The Morgan fingerprint density at radius 1 is 1.07 bits per heavy atom. The maximum Gasteiger partial charge on any atom is 0.0431 e. The average molecular weight is 207 g/mol. The van der Waals surface area contributed by atoms with Crippen molar-refractivity contribution in [3.63, 3.8) is 0 Å². The second-order valence-corrected chi connectivity index (χ2v) is 3.76. The van der Waals surface area contributed by atoms with E-state index >= 15 is 0 Å². The van der Waals surface area contributed by atoms with Crippen LogP contribution >= 0.6 is 0 Å². The third-order valence-corrected chi connectivity index (χ3v) is 2.53. The monoisotopic (exact) mass is 207 g/mol. The summed E-state index contributed by atoms with van der Waals surface area (Å²) in [5, 5.41) is 12.0. The molecule has 84 valence electrons. The minimum Gasteiger partial charge on any atom is -0.396 e. The van der Waals surface area contributed by atoms with E-state index in [1.807, 2.05) is 0 Å². The zero-order valence-electron chi connectivity index (χ0n) is 9.50. The van der Waals surface area contributed by atoms with Crippen LogP contribution in [0.2, 0.25) is 0 Å². The fraction of sp³-hybridized carbons (Fsp3) is 0.538. The summed E-state index contributed by atoms with van der Waals surface area (Å²) in [6.07, 6.45) is 4.22. The van der Waals surface area contributed by atoms with E-state index < -0.39 is 0 Å². The zero-order chi connectivity index (χ0) is 10.9. The smallest absolute Gasteiger partial charge is 0.0431 e. The van der Waals surface area contributed by atoms with Gasteiger partial charge in [-0.15, -0.1) is 0 Å². The second-order valence-electron chi connectivity index (χ2n) is 3.76. The molecule has 1 rings (SSSR count). The molecule has 2 N–H and O–H groups in total. The Hall–Kier alpha value is -1.02. The Labute approximate surface area is 92.3 Å². The topological polar surface area (TPSA) is 32.3 Å². The van der Waals surface area contributed by atoms with Gasteiger partial charge in [0.1, 0.15) is 0 Å². The molecule has 15 heavy (non-hydrogen) atoms.